The van der Waals surface area contributed by atoms with Crippen LogP contribution in [-0.2, 0) is 7.05 Å². The van der Waals surface area contributed by atoms with Crippen molar-refractivity contribution in [3.8, 4) is 17.0 Å². The Bertz CT molecular complexity index is 584. The molecule has 5 nitrogen and oxygen atoms in total. The predicted molar refractivity (Wildman–Crippen MR) is 66.6 cm³/mol. The van der Waals surface area contributed by atoms with Crippen LogP contribution < -0.4 is 9.54 Å². The van der Waals surface area contributed by atoms with E-state index < -0.39 is 0 Å². The van der Waals surface area contributed by atoms with E-state index in [0.29, 0.717) is 4.80 Å². The molecule has 0 saturated heterocycles. The number of thiazole rings is 1. The molecule has 0 atom stereocenters. The maximum atomic E-state index is 10.1. The Labute approximate surface area is 102 Å². The normalized spacial score (nSPS) is 11.5. The quantitative estimate of drug-likeness (QED) is 0.619. The molecule has 1 heterocycles. The van der Waals surface area contributed by atoms with E-state index in [9.17, 15) is 4.91 Å². The molecule has 0 unspecified atom stereocenters. The number of rotatable bonds is 3. The molecule has 0 fully saturated rings. The zero-order valence-corrected chi connectivity index (χ0v) is 10.3. The molecule has 0 spiro atoms. The third-order valence-corrected chi connectivity index (χ3v) is 3.34. The Balaban J connectivity index is 2.46. The van der Waals surface area contributed by atoms with Gasteiger partial charge in [0.1, 0.15) is 5.75 Å². The molecule has 0 saturated carbocycles. The van der Waals surface area contributed by atoms with Crippen LogP contribution in [0, 0.1) is 4.91 Å². The van der Waals surface area contributed by atoms with Gasteiger partial charge in [-0.1, -0.05) is 5.10 Å². The van der Waals surface area contributed by atoms with Crippen LogP contribution in [0.1, 0.15) is 0 Å². The molecule has 1 aromatic carbocycles. The van der Waals surface area contributed by atoms with Crippen molar-refractivity contribution < 1.29 is 4.74 Å². The number of nitroso groups, excluding NO2 is 1. The highest BCUT2D eigenvalue weighted by Crippen LogP contribution is 2.22. The number of methoxy groups -OCH3 is 1. The summed E-state index contributed by atoms with van der Waals surface area (Å²) in [7, 11) is 3.48. The van der Waals surface area contributed by atoms with Gasteiger partial charge < -0.3 is 9.30 Å². The largest absolute Gasteiger partial charge is 0.497 e. The summed E-state index contributed by atoms with van der Waals surface area (Å²) in [5, 5.41) is 7.99. The smallest absolute Gasteiger partial charge is 0.214 e. The Morgan fingerprint density at radius 3 is 2.59 bits per heavy atom. The van der Waals surface area contributed by atoms with Gasteiger partial charge in [-0.2, -0.15) is 0 Å². The Hall–Kier alpha value is -1.95. The van der Waals surface area contributed by atoms with E-state index in [-0.39, 0.29) is 0 Å². The third kappa shape index (κ3) is 2.26. The molecule has 2 rings (SSSR count). The first-order valence-electron chi connectivity index (χ1n) is 4.91. The maximum absolute atomic E-state index is 10.1. The fourth-order valence-corrected chi connectivity index (χ4v) is 2.37. The average molecular weight is 249 g/mol. The van der Waals surface area contributed by atoms with Crippen LogP contribution in [0.2, 0.25) is 0 Å². The molecule has 0 N–H and O–H groups in total. The number of benzene rings is 1. The minimum absolute atomic E-state index is 0.575. The second-order valence-electron chi connectivity index (χ2n) is 3.37. The number of hydrogen-bond donors (Lipinski definition) is 0. The summed E-state index contributed by atoms with van der Waals surface area (Å²) in [5.74, 6) is 0.811. The highest BCUT2D eigenvalue weighted by Gasteiger charge is 2.04. The van der Waals surface area contributed by atoms with Gasteiger partial charge in [0.2, 0.25) is 4.80 Å². The fraction of sp³-hybridized carbons (Fsp3) is 0.182. The molecular weight excluding hydrogens is 238 g/mol. The van der Waals surface area contributed by atoms with Crippen molar-refractivity contribution in [2.24, 2.45) is 17.4 Å². The van der Waals surface area contributed by atoms with E-state index in [0.717, 1.165) is 17.0 Å². The molecular formula is C11H11N3O2S. The molecule has 2 aromatic rings. The van der Waals surface area contributed by atoms with Crippen molar-refractivity contribution in [1.29, 1.82) is 0 Å². The van der Waals surface area contributed by atoms with E-state index in [1.807, 2.05) is 41.3 Å². The van der Waals surface area contributed by atoms with Crippen LogP contribution >= 0.6 is 11.3 Å². The molecule has 17 heavy (non-hydrogen) atoms. The van der Waals surface area contributed by atoms with Crippen LogP contribution in [0.15, 0.2) is 40.0 Å². The Morgan fingerprint density at radius 1 is 1.29 bits per heavy atom. The summed E-state index contributed by atoms with van der Waals surface area (Å²) < 4.78 is 6.93. The predicted octanol–water partition coefficient (Wildman–Crippen LogP) is 2.34. The SMILES string of the molecule is COc1ccc(-c2cs/c(=N\N=O)n2C)cc1. The first-order valence-corrected chi connectivity index (χ1v) is 5.79. The molecule has 0 radical (unpaired) electrons. The van der Waals surface area contributed by atoms with Crippen molar-refractivity contribution in [3.05, 3.63) is 39.4 Å². The molecule has 88 valence electrons. The monoisotopic (exact) mass is 249 g/mol. The van der Waals surface area contributed by atoms with Gasteiger partial charge in [0.25, 0.3) is 0 Å². The zero-order valence-electron chi connectivity index (χ0n) is 9.45. The Kier molecular flexibility index (Phi) is 3.34. The Morgan fingerprint density at radius 2 is 2.00 bits per heavy atom. The van der Waals surface area contributed by atoms with Gasteiger partial charge >= 0.3 is 0 Å². The topological polar surface area (TPSA) is 56.0 Å². The van der Waals surface area contributed by atoms with Crippen molar-refractivity contribution in [2.45, 2.75) is 0 Å². The van der Waals surface area contributed by atoms with Gasteiger partial charge in [-0.25, -0.2) is 0 Å². The first kappa shape index (κ1) is 11.5. The second-order valence-corrected chi connectivity index (χ2v) is 4.21. The number of nitrogens with zero attached hydrogens (tertiary/aromatic N) is 3. The van der Waals surface area contributed by atoms with Crippen LogP contribution in [0.3, 0.4) is 0 Å². The van der Waals surface area contributed by atoms with E-state index in [1.165, 1.54) is 11.3 Å². The van der Waals surface area contributed by atoms with Gasteiger partial charge in [-0.05, 0) is 29.8 Å². The minimum Gasteiger partial charge on any atom is -0.497 e. The number of aromatic nitrogens is 1. The molecule has 0 bridgehead atoms. The molecule has 1 aromatic heterocycles. The molecule has 0 aliphatic rings. The van der Waals surface area contributed by atoms with Gasteiger partial charge in [0.05, 0.1) is 18.1 Å². The minimum atomic E-state index is 0.575. The van der Waals surface area contributed by atoms with Gasteiger partial charge in [0.15, 0.2) is 0 Å². The van der Waals surface area contributed by atoms with E-state index in [1.54, 1.807) is 7.11 Å². The lowest BCUT2D eigenvalue weighted by atomic mass is 10.1. The third-order valence-electron chi connectivity index (χ3n) is 2.44. The van der Waals surface area contributed by atoms with Gasteiger partial charge in [-0.15, -0.1) is 16.2 Å². The maximum Gasteiger partial charge on any atom is 0.214 e. The lowest BCUT2D eigenvalue weighted by molar-refractivity contribution is 0.415. The summed E-state index contributed by atoms with van der Waals surface area (Å²) in [6.45, 7) is 0. The summed E-state index contributed by atoms with van der Waals surface area (Å²) in [6, 6.07) is 7.70. The van der Waals surface area contributed by atoms with Gasteiger partial charge in [0, 0.05) is 12.4 Å². The standard InChI is InChI=1S/C11H11N3O2S/c1-14-10(7-17-11(14)12-13-15)8-3-5-9(16-2)6-4-8/h3-7H,1-2H3/b12-11-. The van der Waals surface area contributed by atoms with Crippen molar-refractivity contribution in [3.63, 3.8) is 0 Å². The van der Waals surface area contributed by atoms with E-state index >= 15 is 0 Å². The first-order chi connectivity index (χ1) is 8.26. The van der Waals surface area contributed by atoms with Crippen LogP contribution in [-0.4, -0.2) is 11.7 Å². The van der Waals surface area contributed by atoms with Crippen molar-refractivity contribution >= 4 is 11.3 Å². The summed E-state index contributed by atoms with van der Waals surface area (Å²) in [5.41, 5.74) is 2.02. The fourth-order valence-electron chi connectivity index (χ4n) is 1.52. The number of ether oxygens (including phenoxy) is 1. The van der Waals surface area contributed by atoms with Crippen LogP contribution in [0.25, 0.3) is 11.3 Å². The van der Waals surface area contributed by atoms with Crippen LogP contribution in [0.4, 0.5) is 0 Å². The molecule has 0 aliphatic heterocycles. The lowest BCUT2D eigenvalue weighted by Gasteiger charge is -2.04. The van der Waals surface area contributed by atoms with Crippen molar-refractivity contribution in [2.75, 3.05) is 7.11 Å². The lowest BCUT2D eigenvalue weighted by Crippen LogP contribution is -2.10. The zero-order chi connectivity index (χ0) is 12.3. The number of hydrogen-bond acceptors (Lipinski definition) is 4. The summed E-state index contributed by atoms with van der Waals surface area (Å²) in [6.07, 6.45) is 0. The summed E-state index contributed by atoms with van der Waals surface area (Å²) in [4.78, 5) is 10.7. The second kappa shape index (κ2) is 4.92. The summed E-state index contributed by atoms with van der Waals surface area (Å²) >= 11 is 1.38. The molecule has 0 aliphatic carbocycles. The van der Waals surface area contributed by atoms with Crippen LogP contribution in [0.5, 0.6) is 5.75 Å². The highest BCUT2D eigenvalue weighted by molar-refractivity contribution is 7.07. The highest BCUT2D eigenvalue weighted by atomic mass is 32.1. The average Bonchev–Trinajstić information content (AvgIpc) is 2.72. The van der Waals surface area contributed by atoms with Crippen molar-refractivity contribution in [1.82, 2.24) is 4.57 Å². The molecule has 6 heteroatoms. The molecule has 0 amide bonds. The van der Waals surface area contributed by atoms with E-state index in [2.05, 4.69) is 10.4 Å². The van der Waals surface area contributed by atoms with Gasteiger partial charge in [-0.3, -0.25) is 0 Å². The van der Waals surface area contributed by atoms with E-state index in [4.69, 9.17) is 4.74 Å².